The smallest absolute Gasteiger partial charge is 0.261 e. The number of hydrogen-bond donors (Lipinski definition) is 2. The number of rotatable bonds is 3. The van der Waals surface area contributed by atoms with Crippen LogP contribution < -0.4 is 10.2 Å². The van der Waals surface area contributed by atoms with Crippen LogP contribution in [0.5, 0.6) is 0 Å². The molecule has 0 radical (unpaired) electrons. The molecule has 0 aliphatic carbocycles. The average Bonchev–Trinajstić information content (AvgIpc) is 3.41. The number of nitrogens with one attached hydrogen (secondary N) is 2. The lowest BCUT2D eigenvalue weighted by atomic mass is 10.2. The second-order valence-electron chi connectivity index (χ2n) is 7.09. The molecule has 2 N–H and O–H groups in total. The lowest BCUT2D eigenvalue weighted by Crippen LogP contribution is -2.32. The van der Waals surface area contributed by atoms with Crippen LogP contribution in [0, 0.1) is 5.82 Å². The summed E-state index contributed by atoms with van der Waals surface area (Å²) in [6.45, 7) is 0.499. The minimum absolute atomic E-state index is 0.00192. The number of hydrogen-bond acceptors (Lipinski definition) is 5. The van der Waals surface area contributed by atoms with E-state index in [1.807, 2.05) is 11.4 Å². The maximum atomic E-state index is 14.0. The zero-order valence-electron chi connectivity index (χ0n) is 16.4. The van der Waals surface area contributed by atoms with Gasteiger partial charge >= 0.3 is 0 Å². The van der Waals surface area contributed by atoms with Gasteiger partial charge in [-0.2, -0.15) is 5.10 Å². The number of amides is 2. The third kappa shape index (κ3) is 3.55. The lowest BCUT2D eigenvalue weighted by molar-refractivity contribution is 0.0986. The van der Waals surface area contributed by atoms with E-state index >= 15 is 0 Å². The molecule has 4 heterocycles. The Bertz CT molecular complexity index is 1310. The van der Waals surface area contributed by atoms with Crippen molar-refractivity contribution < 1.29 is 14.0 Å². The number of halogens is 2. The minimum Gasteiger partial charge on any atom is -0.306 e. The molecule has 5 rings (SSSR count). The van der Waals surface area contributed by atoms with Crippen LogP contribution in [0.3, 0.4) is 0 Å². The molecule has 2 amide bonds. The Labute approximate surface area is 190 Å². The largest absolute Gasteiger partial charge is 0.306 e. The summed E-state index contributed by atoms with van der Waals surface area (Å²) in [7, 11) is 0. The van der Waals surface area contributed by atoms with Gasteiger partial charge < -0.3 is 10.2 Å². The molecular weight excluding hydrogens is 453 g/mol. The van der Waals surface area contributed by atoms with Crippen LogP contribution in [0.15, 0.2) is 54.2 Å². The van der Waals surface area contributed by atoms with E-state index in [1.54, 1.807) is 28.5 Å². The topological polar surface area (TPSA) is 91.0 Å². The number of thiophene rings is 1. The van der Waals surface area contributed by atoms with Crippen molar-refractivity contribution in [2.75, 3.05) is 16.8 Å². The van der Waals surface area contributed by atoms with Crippen molar-refractivity contribution >= 4 is 46.3 Å². The Morgan fingerprint density at radius 2 is 2.06 bits per heavy atom. The highest BCUT2D eigenvalue weighted by Gasteiger charge is 2.27. The standard InChI is InChI=1S/C22H15ClFN5O2S/c23-14-2-1-3-15(24)18(14)21(30)27-17-5-4-13(10-25-17)22(31)29-8-6-12-11-26-28-19(12)20-16(29)7-9-32-20/h1-5,7,9-11H,6,8H2,(H,26,28)(H,25,27,30). The SMILES string of the molecule is O=C(Nc1ccc(C(=O)N2CCc3cn[nH]c3-c3sccc32)cn1)c1c(F)cccc1Cl. The van der Waals surface area contributed by atoms with Gasteiger partial charge in [0.1, 0.15) is 11.6 Å². The van der Waals surface area contributed by atoms with Crippen LogP contribution in [0.4, 0.5) is 15.9 Å². The van der Waals surface area contributed by atoms with Crippen LogP contribution in [-0.2, 0) is 6.42 Å². The highest BCUT2D eigenvalue weighted by molar-refractivity contribution is 7.14. The Morgan fingerprint density at radius 1 is 1.19 bits per heavy atom. The summed E-state index contributed by atoms with van der Waals surface area (Å²) in [5.41, 5.74) is 2.92. The molecule has 0 saturated carbocycles. The molecule has 1 aromatic carbocycles. The molecule has 0 bridgehead atoms. The highest BCUT2D eigenvalue weighted by Crippen LogP contribution is 2.39. The van der Waals surface area contributed by atoms with Gasteiger partial charge in [-0.1, -0.05) is 17.7 Å². The van der Waals surface area contributed by atoms with Crippen molar-refractivity contribution in [3.63, 3.8) is 0 Å². The van der Waals surface area contributed by atoms with Crippen molar-refractivity contribution in [1.82, 2.24) is 15.2 Å². The molecular formula is C22H15ClFN5O2S. The number of pyridine rings is 1. The molecule has 1 aliphatic rings. The molecule has 3 aromatic heterocycles. The van der Waals surface area contributed by atoms with E-state index in [9.17, 15) is 14.0 Å². The Kier molecular flexibility index (Phi) is 5.20. The molecule has 0 spiro atoms. The van der Waals surface area contributed by atoms with E-state index < -0.39 is 11.7 Å². The fourth-order valence-corrected chi connectivity index (χ4v) is 4.78. The molecule has 7 nitrogen and oxygen atoms in total. The van der Waals surface area contributed by atoms with Gasteiger partial charge in [-0.05, 0) is 42.1 Å². The summed E-state index contributed by atoms with van der Waals surface area (Å²) < 4.78 is 14.0. The second-order valence-corrected chi connectivity index (χ2v) is 8.42. The number of carbonyl (C=O) groups is 2. The van der Waals surface area contributed by atoms with Crippen molar-refractivity contribution in [2.45, 2.75) is 6.42 Å². The number of nitrogens with zero attached hydrogens (tertiary/aromatic N) is 3. The summed E-state index contributed by atoms with van der Waals surface area (Å²) in [5.74, 6) is -1.47. The lowest BCUT2D eigenvalue weighted by Gasteiger charge is -2.21. The van der Waals surface area contributed by atoms with Crippen LogP contribution in [0.1, 0.15) is 26.3 Å². The van der Waals surface area contributed by atoms with E-state index in [1.165, 1.54) is 24.4 Å². The van der Waals surface area contributed by atoms with E-state index in [-0.39, 0.29) is 22.3 Å². The Hall–Kier alpha value is -3.56. The van der Waals surface area contributed by atoms with Crippen LogP contribution in [0.25, 0.3) is 10.6 Å². The van der Waals surface area contributed by atoms with Crippen molar-refractivity contribution in [1.29, 1.82) is 0 Å². The molecule has 0 fully saturated rings. The number of anilines is 2. The van der Waals surface area contributed by atoms with Gasteiger partial charge in [0, 0.05) is 18.3 Å². The van der Waals surface area contributed by atoms with Crippen LogP contribution >= 0.6 is 22.9 Å². The first-order valence-electron chi connectivity index (χ1n) is 9.66. The zero-order valence-corrected chi connectivity index (χ0v) is 18.0. The summed E-state index contributed by atoms with van der Waals surface area (Å²) in [6, 6.07) is 8.99. The van der Waals surface area contributed by atoms with Crippen LogP contribution in [-0.4, -0.2) is 33.5 Å². The van der Waals surface area contributed by atoms with E-state index in [0.29, 0.717) is 18.5 Å². The molecule has 10 heteroatoms. The highest BCUT2D eigenvalue weighted by atomic mass is 35.5. The number of aromatic amines is 1. The monoisotopic (exact) mass is 467 g/mol. The molecule has 1 aliphatic heterocycles. The third-order valence-electron chi connectivity index (χ3n) is 5.17. The maximum Gasteiger partial charge on any atom is 0.261 e. The molecule has 32 heavy (non-hydrogen) atoms. The number of H-pyrrole nitrogens is 1. The van der Waals surface area contributed by atoms with Gasteiger partial charge in [0.2, 0.25) is 0 Å². The summed E-state index contributed by atoms with van der Waals surface area (Å²) in [6.07, 6.45) is 3.84. The van der Waals surface area contributed by atoms with E-state index in [0.717, 1.165) is 27.9 Å². The molecule has 0 atom stereocenters. The first kappa shape index (κ1) is 20.3. The van der Waals surface area contributed by atoms with Gasteiger partial charge in [-0.15, -0.1) is 11.3 Å². The average molecular weight is 468 g/mol. The maximum absolute atomic E-state index is 14.0. The summed E-state index contributed by atoms with van der Waals surface area (Å²) in [4.78, 5) is 32.5. The van der Waals surface area contributed by atoms with Crippen molar-refractivity contribution in [3.05, 3.63) is 81.7 Å². The van der Waals surface area contributed by atoms with Gasteiger partial charge in [-0.25, -0.2) is 9.37 Å². The first-order chi connectivity index (χ1) is 15.5. The number of aromatic nitrogens is 3. The molecule has 160 valence electrons. The fraction of sp³-hybridized carbons (Fsp3) is 0.0909. The number of carbonyl (C=O) groups excluding carboxylic acids is 2. The fourth-order valence-electron chi connectivity index (χ4n) is 3.61. The van der Waals surface area contributed by atoms with Gasteiger partial charge in [0.15, 0.2) is 0 Å². The number of fused-ring (bicyclic) bond motifs is 3. The predicted molar refractivity (Wildman–Crippen MR) is 121 cm³/mol. The zero-order chi connectivity index (χ0) is 22.2. The van der Waals surface area contributed by atoms with Gasteiger partial charge in [-0.3, -0.25) is 14.7 Å². The first-order valence-corrected chi connectivity index (χ1v) is 10.9. The number of benzene rings is 1. The van der Waals surface area contributed by atoms with E-state index in [4.69, 9.17) is 11.6 Å². The van der Waals surface area contributed by atoms with Crippen molar-refractivity contribution in [3.8, 4) is 10.6 Å². The Balaban J connectivity index is 1.36. The summed E-state index contributed by atoms with van der Waals surface area (Å²) in [5, 5.41) is 11.6. The van der Waals surface area contributed by atoms with Gasteiger partial charge in [0.25, 0.3) is 11.8 Å². The quantitative estimate of drug-likeness (QED) is 0.453. The molecule has 0 saturated heterocycles. The van der Waals surface area contributed by atoms with Gasteiger partial charge in [0.05, 0.1) is 38.6 Å². The third-order valence-corrected chi connectivity index (χ3v) is 6.41. The normalized spacial score (nSPS) is 12.6. The van der Waals surface area contributed by atoms with Crippen molar-refractivity contribution in [2.24, 2.45) is 0 Å². The van der Waals surface area contributed by atoms with E-state index in [2.05, 4.69) is 20.5 Å². The predicted octanol–water partition coefficient (Wildman–Crippen LogP) is 4.78. The summed E-state index contributed by atoms with van der Waals surface area (Å²) >= 11 is 7.48. The molecule has 0 unspecified atom stereocenters. The Morgan fingerprint density at radius 3 is 2.84 bits per heavy atom. The second kappa shape index (κ2) is 8.18. The van der Waals surface area contributed by atoms with Crippen LogP contribution in [0.2, 0.25) is 5.02 Å². The molecule has 4 aromatic rings. The minimum atomic E-state index is -0.727.